The number of rotatable bonds is 3. The van der Waals surface area contributed by atoms with Gasteiger partial charge in [0.1, 0.15) is 18.1 Å². The van der Waals surface area contributed by atoms with Gasteiger partial charge in [0, 0.05) is 43.4 Å². The lowest BCUT2D eigenvalue weighted by molar-refractivity contribution is -0.311. The molecule has 0 aliphatic carbocycles. The third-order valence-corrected chi connectivity index (χ3v) is 12.3. The lowest BCUT2D eigenvalue weighted by atomic mass is 9.82. The molecule has 2 fully saturated rings. The first-order chi connectivity index (χ1) is 30.6. The van der Waals surface area contributed by atoms with Crippen LogP contribution in [-0.4, -0.2) is 160 Å². The van der Waals surface area contributed by atoms with Crippen LogP contribution < -0.4 is 0 Å². The van der Waals surface area contributed by atoms with Gasteiger partial charge < -0.3 is 75.1 Å². The average molecular weight is 923 g/mol. The number of ether oxygens (including phenoxy) is 4. The van der Waals surface area contributed by atoms with Crippen LogP contribution in [0.4, 0.5) is 0 Å². The van der Waals surface area contributed by atoms with E-state index in [0.29, 0.717) is 0 Å². The molecule has 17 heteroatoms. The summed E-state index contributed by atoms with van der Waals surface area (Å²) in [7, 11) is 0. The largest absolute Gasteiger partial charge is 0.481 e. The molecule has 3 aliphatic rings. The molecule has 3 rings (SSSR count). The van der Waals surface area contributed by atoms with Crippen molar-refractivity contribution in [2.75, 3.05) is 0 Å². The molecule has 0 aromatic rings. The van der Waals surface area contributed by atoms with Gasteiger partial charge >= 0.3 is 11.9 Å². The second kappa shape index (κ2) is 27.4. The van der Waals surface area contributed by atoms with Gasteiger partial charge in [-0.25, -0.2) is 0 Å². The summed E-state index contributed by atoms with van der Waals surface area (Å²) in [6, 6.07) is 0. The predicted octanol–water partition coefficient (Wildman–Crippen LogP) is 2.02. The highest BCUT2D eigenvalue weighted by Gasteiger charge is 2.51. The fraction of sp³-hybridized carbons (Fsp3) is 0.667. The van der Waals surface area contributed by atoms with Crippen molar-refractivity contribution in [2.45, 2.75) is 177 Å². The van der Waals surface area contributed by atoms with Gasteiger partial charge in [0.15, 0.2) is 12.1 Å². The van der Waals surface area contributed by atoms with Crippen LogP contribution in [0, 0.1) is 23.7 Å². The van der Waals surface area contributed by atoms with Gasteiger partial charge in [0.2, 0.25) is 0 Å². The summed E-state index contributed by atoms with van der Waals surface area (Å²) in [5, 5.41) is 118. The second-order valence-corrected chi connectivity index (χ2v) is 17.8. The minimum Gasteiger partial charge on any atom is -0.481 e. The molecule has 3 aliphatic heterocycles. The Bertz CT molecular complexity index is 1660. The molecule has 11 N–H and O–H groups in total. The molecule has 2 saturated heterocycles. The molecule has 2 bridgehead atoms. The highest BCUT2D eigenvalue weighted by molar-refractivity contribution is 5.71. The third-order valence-electron chi connectivity index (χ3n) is 12.3. The van der Waals surface area contributed by atoms with E-state index in [1.807, 2.05) is 37.3 Å². The van der Waals surface area contributed by atoms with Gasteiger partial charge in [0.05, 0.1) is 73.6 Å². The zero-order valence-electron chi connectivity index (χ0n) is 38.0. The molecule has 19 atom stereocenters. The van der Waals surface area contributed by atoms with Crippen LogP contribution in [0.15, 0.2) is 85.1 Å². The number of aliphatic hydroxyl groups excluding tert-OH is 9. The molecule has 368 valence electrons. The molecule has 3 heterocycles. The summed E-state index contributed by atoms with van der Waals surface area (Å²) in [6.45, 7) is 8.46. The van der Waals surface area contributed by atoms with E-state index < -0.39 is 147 Å². The minimum absolute atomic E-state index is 0.100. The lowest BCUT2D eigenvalue weighted by Gasteiger charge is -2.45. The average Bonchev–Trinajstić information content (AvgIpc) is 3.21. The summed E-state index contributed by atoms with van der Waals surface area (Å²) in [6.07, 6.45) is 4.63. The Morgan fingerprint density at radius 3 is 1.77 bits per heavy atom. The van der Waals surface area contributed by atoms with Gasteiger partial charge in [-0.2, -0.15) is 0 Å². The van der Waals surface area contributed by atoms with Crippen LogP contribution >= 0.6 is 0 Å². The Balaban J connectivity index is 1.86. The number of carbonyl (C=O) groups excluding carboxylic acids is 1. The summed E-state index contributed by atoms with van der Waals surface area (Å²) in [5.41, 5.74) is 0. The van der Waals surface area contributed by atoms with Crippen LogP contribution in [0.5, 0.6) is 0 Å². The summed E-state index contributed by atoms with van der Waals surface area (Å²) in [5.74, 6) is -7.40. The first-order valence-corrected chi connectivity index (χ1v) is 22.6. The van der Waals surface area contributed by atoms with Crippen molar-refractivity contribution in [2.24, 2.45) is 23.7 Å². The van der Waals surface area contributed by atoms with Gasteiger partial charge in [0.25, 0.3) is 0 Å². The highest BCUT2D eigenvalue weighted by Crippen LogP contribution is 2.38. The smallest absolute Gasteiger partial charge is 0.311 e. The number of fused-ring (bicyclic) bond motifs is 2. The van der Waals surface area contributed by atoms with Crippen LogP contribution in [0.25, 0.3) is 0 Å². The van der Waals surface area contributed by atoms with Gasteiger partial charge in [-0.1, -0.05) is 106 Å². The number of allylic oxidation sites excluding steroid dienone is 12. The maximum atomic E-state index is 12.6. The van der Waals surface area contributed by atoms with Gasteiger partial charge in [-0.3, -0.25) is 9.59 Å². The zero-order valence-corrected chi connectivity index (χ0v) is 38.0. The van der Waals surface area contributed by atoms with E-state index in [1.165, 1.54) is 0 Å². The van der Waals surface area contributed by atoms with Crippen LogP contribution in [0.3, 0.4) is 0 Å². The first kappa shape index (κ1) is 55.9. The molecular weight excluding hydrogens is 849 g/mol. The fourth-order valence-electron chi connectivity index (χ4n) is 8.15. The van der Waals surface area contributed by atoms with Crippen molar-refractivity contribution in [3.05, 3.63) is 85.1 Å². The summed E-state index contributed by atoms with van der Waals surface area (Å²) in [4.78, 5) is 25.1. The zero-order chi connectivity index (χ0) is 48.4. The number of carboxylic acids is 1. The van der Waals surface area contributed by atoms with E-state index in [2.05, 4.69) is 0 Å². The number of carboxylic acid groups (broad SMARTS) is 1. The van der Waals surface area contributed by atoms with Crippen molar-refractivity contribution in [1.82, 2.24) is 0 Å². The van der Waals surface area contributed by atoms with E-state index in [-0.39, 0.29) is 31.6 Å². The second-order valence-electron chi connectivity index (χ2n) is 17.8. The quantitative estimate of drug-likeness (QED) is 0.181. The molecule has 0 spiro atoms. The molecule has 0 aromatic carbocycles. The number of aliphatic carboxylic acids is 1. The van der Waals surface area contributed by atoms with E-state index in [1.54, 1.807) is 82.4 Å². The summed E-state index contributed by atoms with van der Waals surface area (Å²) >= 11 is 0. The normalized spacial score (nSPS) is 45.5. The van der Waals surface area contributed by atoms with Crippen molar-refractivity contribution >= 4 is 11.9 Å². The molecule has 0 saturated carbocycles. The van der Waals surface area contributed by atoms with Gasteiger partial charge in [-0.15, -0.1) is 0 Å². The Labute approximate surface area is 382 Å². The molecule has 0 amide bonds. The summed E-state index contributed by atoms with van der Waals surface area (Å²) < 4.78 is 23.3. The Kier molecular flexibility index (Phi) is 23.6. The highest BCUT2D eigenvalue weighted by atomic mass is 16.7. The van der Waals surface area contributed by atoms with Crippen LogP contribution in [0.2, 0.25) is 0 Å². The first-order valence-electron chi connectivity index (χ1n) is 22.6. The maximum Gasteiger partial charge on any atom is 0.311 e. The van der Waals surface area contributed by atoms with Crippen molar-refractivity contribution in [3.63, 3.8) is 0 Å². The topological polar surface area (TPSA) is 294 Å². The lowest BCUT2D eigenvalue weighted by Crippen LogP contribution is -2.57. The maximum absolute atomic E-state index is 12.6. The van der Waals surface area contributed by atoms with Crippen LogP contribution in [-0.2, 0) is 28.5 Å². The minimum atomic E-state index is -2.31. The Hall–Kier alpha value is -3.40. The van der Waals surface area contributed by atoms with Crippen molar-refractivity contribution in [3.8, 4) is 0 Å². The molecule has 0 unspecified atom stereocenters. The van der Waals surface area contributed by atoms with Gasteiger partial charge in [-0.05, 0) is 33.1 Å². The standard InChI is InChI=1S/C48H74O17/c1-28-18-16-14-12-10-8-6-7-9-11-13-15-17-19-36(64-47-45(58)30(3)44(57)32(5)63-47)25-40-42(46(59)60)39(54)27-48(61,65-40)26-35(51)23-38(53)37(52)21-20-33(49)22-34(50)24-41(55)62-31(4)29(2)43(28)56/h6-19,28-40,42-45,47,49-54,56-58,61H,20-27H2,1-5H3,(H,59,60)/b7-6+,10-8+,11-9+,14-12+,15-13+,18-16+,19-17+/t28-,29-,30-,31-,32+,33+,34+,35-,36-,37+,38+,39-,40+,42+,43+,44-,45-,47+,48+/m0/s1. The number of esters is 1. The predicted molar refractivity (Wildman–Crippen MR) is 238 cm³/mol. The van der Waals surface area contributed by atoms with Crippen molar-refractivity contribution < 1.29 is 84.7 Å². The number of cyclic esters (lactones) is 1. The molecule has 65 heavy (non-hydrogen) atoms. The monoisotopic (exact) mass is 922 g/mol. The number of hydrogen-bond acceptors (Lipinski definition) is 16. The van der Waals surface area contributed by atoms with E-state index in [0.717, 1.165) is 0 Å². The Morgan fingerprint density at radius 2 is 1.18 bits per heavy atom. The van der Waals surface area contributed by atoms with E-state index in [9.17, 15) is 65.8 Å². The molecular formula is C48H74O17. The SMILES string of the molecule is C[C@@H]1[C@H](O)[C@@H](O[C@H]2/C=C/C=C/C=C/C=C/C=C/C=C/C=C/[C@H](C)[C@@H](O)[C@@H](C)[C@H](C)OC(=O)C[C@H](O)C[C@H](O)CC[C@@H](O)[C@H](O)C[C@H](O)C[C@]3(O)C[C@H](O)[C@@H](C(=O)O)[C@@H](C2)O3)O[C@H](C)[C@H]1O. The molecule has 17 nitrogen and oxygen atoms in total. The van der Waals surface area contributed by atoms with Crippen molar-refractivity contribution in [1.29, 1.82) is 0 Å². The molecule has 0 aromatic heterocycles. The van der Waals surface area contributed by atoms with Crippen LogP contribution in [0.1, 0.15) is 86.0 Å². The third kappa shape index (κ3) is 18.7. The Morgan fingerprint density at radius 1 is 0.615 bits per heavy atom. The van der Waals surface area contributed by atoms with E-state index >= 15 is 0 Å². The number of hydrogen-bond donors (Lipinski definition) is 11. The van der Waals surface area contributed by atoms with E-state index in [4.69, 9.17) is 18.9 Å². The number of carbonyl (C=O) groups is 2. The molecule has 0 radical (unpaired) electrons. The fourth-order valence-corrected chi connectivity index (χ4v) is 8.15. The number of aliphatic hydroxyl groups is 10.